The van der Waals surface area contributed by atoms with E-state index in [9.17, 15) is 0 Å². The highest BCUT2D eigenvalue weighted by molar-refractivity contribution is 5.42. The predicted molar refractivity (Wildman–Crippen MR) is 80.9 cm³/mol. The van der Waals surface area contributed by atoms with Crippen LogP contribution in [-0.2, 0) is 0 Å². The Bertz CT molecular complexity index is 522. The quantitative estimate of drug-likeness (QED) is 0.865. The summed E-state index contributed by atoms with van der Waals surface area (Å²) in [7, 11) is 0. The lowest BCUT2D eigenvalue weighted by Gasteiger charge is -2.17. The van der Waals surface area contributed by atoms with Gasteiger partial charge in [-0.2, -0.15) is 0 Å². The van der Waals surface area contributed by atoms with Crippen molar-refractivity contribution in [2.75, 3.05) is 11.9 Å². The molecule has 100 valence electrons. The van der Waals surface area contributed by atoms with Crippen LogP contribution in [0.5, 0.6) is 5.75 Å². The third kappa shape index (κ3) is 4.02. The molecule has 2 aromatic rings. The van der Waals surface area contributed by atoms with Crippen molar-refractivity contribution in [3.63, 3.8) is 0 Å². The number of nitrogens with one attached hydrogen (secondary N) is 1. The highest BCUT2D eigenvalue weighted by Gasteiger charge is 2.04. The maximum Gasteiger partial charge on any atom is 0.120 e. The third-order valence-electron chi connectivity index (χ3n) is 3.18. The van der Waals surface area contributed by atoms with Gasteiger partial charge in [-0.05, 0) is 56.2 Å². The second-order valence-corrected chi connectivity index (χ2v) is 4.92. The Kier molecular flexibility index (Phi) is 4.45. The first kappa shape index (κ1) is 13.5. The second-order valence-electron chi connectivity index (χ2n) is 4.92. The number of aryl methyl sites for hydroxylation is 2. The van der Waals surface area contributed by atoms with Crippen LogP contribution >= 0.6 is 0 Å². The van der Waals surface area contributed by atoms with Gasteiger partial charge in [-0.1, -0.05) is 24.3 Å². The number of benzene rings is 2. The first-order valence-corrected chi connectivity index (χ1v) is 6.68. The summed E-state index contributed by atoms with van der Waals surface area (Å²) >= 11 is 0. The smallest absolute Gasteiger partial charge is 0.120 e. The summed E-state index contributed by atoms with van der Waals surface area (Å²) in [4.78, 5) is 0. The van der Waals surface area contributed by atoms with Crippen molar-refractivity contribution in [1.82, 2.24) is 0 Å². The van der Waals surface area contributed by atoms with Crippen molar-refractivity contribution in [1.29, 1.82) is 0 Å². The summed E-state index contributed by atoms with van der Waals surface area (Å²) in [6, 6.07) is 16.4. The Hall–Kier alpha value is -1.96. The monoisotopic (exact) mass is 255 g/mol. The van der Waals surface area contributed by atoms with Crippen LogP contribution in [0.2, 0.25) is 0 Å². The average Bonchev–Trinajstić information content (AvgIpc) is 2.42. The summed E-state index contributed by atoms with van der Waals surface area (Å²) in [6.07, 6.45) is 0.127. The zero-order valence-corrected chi connectivity index (χ0v) is 11.8. The minimum absolute atomic E-state index is 0.127. The van der Waals surface area contributed by atoms with Gasteiger partial charge in [0.15, 0.2) is 0 Å². The molecule has 1 unspecified atom stereocenters. The topological polar surface area (TPSA) is 21.3 Å². The number of anilines is 1. The predicted octanol–water partition coefficient (Wildman–Crippen LogP) is 4.18. The zero-order valence-electron chi connectivity index (χ0n) is 11.8. The van der Waals surface area contributed by atoms with Crippen molar-refractivity contribution in [2.24, 2.45) is 0 Å². The zero-order chi connectivity index (χ0) is 13.7. The van der Waals surface area contributed by atoms with Crippen LogP contribution in [-0.4, -0.2) is 12.6 Å². The SMILES string of the molecule is Cc1ccc(OC(C)CNc2ccccc2)cc1C. The van der Waals surface area contributed by atoms with E-state index in [1.807, 2.05) is 24.3 Å². The molecule has 0 aromatic heterocycles. The fourth-order valence-corrected chi connectivity index (χ4v) is 1.88. The molecular formula is C17H21NO. The number of para-hydroxylation sites is 1. The van der Waals surface area contributed by atoms with Gasteiger partial charge in [0, 0.05) is 5.69 Å². The summed E-state index contributed by atoms with van der Waals surface area (Å²) < 4.78 is 5.91. The van der Waals surface area contributed by atoms with Gasteiger partial charge in [0.1, 0.15) is 11.9 Å². The highest BCUT2D eigenvalue weighted by atomic mass is 16.5. The first-order chi connectivity index (χ1) is 9.15. The first-order valence-electron chi connectivity index (χ1n) is 6.68. The van der Waals surface area contributed by atoms with Crippen molar-refractivity contribution in [3.05, 3.63) is 59.7 Å². The lowest BCUT2D eigenvalue weighted by atomic mass is 10.1. The van der Waals surface area contributed by atoms with E-state index < -0.39 is 0 Å². The third-order valence-corrected chi connectivity index (χ3v) is 3.18. The van der Waals surface area contributed by atoms with Crippen molar-refractivity contribution in [3.8, 4) is 5.75 Å². The maximum absolute atomic E-state index is 5.91. The van der Waals surface area contributed by atoms with Crippen LogP contribution in [0.15, 0.2) is 48.5 Å². The Morgan fingerprint density at radius 1 is 1.00 bits per heavy atom. The summed E-state index contributed by atoms with van der Waals surface area (Å²) in [5.74, 6) is 0.936. The van der Waals surface area contributed by atoms with E-state index in [0.717, 1.165) is 18.0 Å². The van der Waals surface area contributed by atoms with Gasteiger partial charge in [-0.25, -0.2) is 0 Å². The average molecular weight is 255 g/mol. The molecule has 0 aliphatic rings. The van der Waals surface area contributed by atoms with Crippen LogP contribution in [0.4, 0.5) is 5.69 Å². The van der Waals surface area contributed by atoms with Gasteiger partial charge < -0.3 is 10.1 Å². The summed E-state index contributed by atoms with van der Waals surface area (Å²) in [5.41, 5.74) is 3.68. The Balaban J connectivity index is 1.87. The molecule has 0 saturated heterocycles. The minimum Gasteiger partial charge on any atom is -0.489 e. The molecule has 2 heteroatoms. The number of hydrogen-bond donors (Lipinski definition) is 1. The number of hydrogen-bond acceptors (Lipinski definition) is 2. The largest absolute Gasteiger partial charge is 0.489 e. The molecular weight excluding hydrogens is 234 g/mol. The van der Waals surface area contributed by atoms with Gasteiger partial charge in [-0.15, -0.1) is 0 Å². The molecule has 2 aromatic carbocycles. The molecule has 0 saturated carbocycles. The minimum atomic E-state index is 0.127. The molecule has 0 spiro atoms. The molecule has 0 radical (unpaired) electrons. The van der Waals surface area contributed by atoms with E-state index in [-0.39, 0.29) is 6.10 Å². The van der Waals surface area contributed by atoms with Gasteiger partial charge in [0.05, 0.1) is 6.54 Å². The number of rotatable bonds is 5. The van der Waals surface area contributed by atoms with Gasteiger partial charge in [0.2, 0.25) is 0 Å². The standard InChI is InChI=1S/C17H21NO/c1-13-9-10-17(11-14(13)2)19-15(3)12-18-16-7-5-4-6-8-16/h4-11,15,18H,12H2,1-3H3. The second kappa shape index (κ2) is 6.28. The molecule has 0 heterocycles. The lowest BCUT2D eigenvalue weighted by molar-refractivity contribution is 0.234. The van der Waals surface area contributed by atoms with E-state index in [2.05, 4.69) is 50.4 Å². The van der Waals surface area contributed by atoms with Crippen LogP contribution < -0.4 is 10.1 Å². The molecule has 0 aliphatic heterocycles. The van der Waals surface area contributed by atoms with Crippen molar-refractivity contribution >= 4 is 5.69 Å². The molecule has 19 heavy (non-hydrogen) atoms. The van der Waals surface area contributed by atoms with E-state index in [1.165, 1.54) is 11.1 Å². The van der Waals surface area contributed by atoms with Gasteiger partial charge >= 0.3 is 0 Å². The van der Waals surface area contributed by atoms with E-state index in [0.29, 0.717) is 0 Å². The molecule has 0 bridgehead atoms. The van der Waals surface area contributed by atoms with E-state index in [4.69, 9.17) is 4.74 Å². The van der Waals surface area contributed by atoms with Crippen LogP contribution in [0, 0.1) is 13.8 Å². The van der Waals surface area contributed by atoms with Crippen molar-refractivity contribution in [2.45, 2.75) is 26.9 Å². The molecule has 1 atom stereocenters. The fourth-order valence-electron chi connectivity index (χ4n) is 1.88. The van der Waals surface area contributed by atoms with Crippen LogP contribution in [0.25, 0.3) is 0 Å². The fraction of sp³-hybridized carbons (Fsp3) is 0.294. The highest BCUT2D eigenvalue weighted by Crippen LogP contribution is 2.17. The van der Waals surface area contributed by atoms with E-state index >= 15 is 0 Å². The van der Waals surface area contributed by atoms with Crippen LogP contribution in [0.3, 0.4) is 0 Å². The normalized spacial score (nSPS) is 11.9. The maximum atomic E-state index is 5.91. The Labute approximate surface area is 115 Å². The van der Waals surface area contributed by atoms with Gasteiger partial charge in [-0.3, -0.25) is 0 Å². The van der Waals surface area contributed by atoms with Gasteiger partial charge in [0.25, 0.3) is 0 Å². The van der Waals surface area contributed by atoms with E-state index in [1.54, 1.807) is 0 Å². The Morgan fingerprint density at radius 2 is 1.74 bits per heavy atom. The summed E-state index contributed by atoms with van der Waals surface area (Å²) in [6.45, 7) is 7.08. The molecule has 0 fully saturated rings. The molecule has 0 aliphatic carbocycles. The lowest BCUT2D eigenvalue weighted by Crippen LogP contribution is -2.22. The molecule has 2 nitrogen and oxygen atoms in total. The summed E-state index contributed by atoms with van der Waals surface area (Å²) in [5, 5.41) is 3.37. The Morgan fingerprint density at radius 3 is 2.42 bits per heavy atom. The van der Waals surface area contributed by atoms with Crippen LogP contribution in [0.1, 0.15) is 18.1 Å². The number of ether oxygens (including phenoxy) is 1. The molecule has 2 rings (SSSR count). The molecule has 1 N–H and O–H groups in total. The molecule has 0 amide bonds. The van der Waals surface area contributed by atoms with Crippen molar-refractivity contribution < 1.29 is 4.74 Å².